The number of hydrogen-bond donors (Lipinski definition) is 0. The van der Waals surface area contributed by atoms with Crippen molar-refractivity contribution in [2.45, 2.75) is 25.9 Å². The van der Waals surface area contributed by atoms with Crippen LogP contribution in [-0.2, 0) is 12.5 Å². The van der Waals surface area contributed by atoms with Gasteiger partial charge in [0.15, 0.2) is 5.82 Å². The van der Waals surface area contributed by atoms with Crippen molar-refractivity contribution in [3.63, 3.8) is 0 Å². The predicted molar refractivity (Wildman–Crippen MR) is 157 cm³/mol. The fraction of sp³-hybridized carbons (Fsp3) is 0.114. The van der Waals surface area contributed by atoms with Gasteiger partial charge in [0, 0.05) is 41.2 Å². The molecule has 0 atom stereocenters. The van der Waals surface area contributed by atoms with E-state index in [1.807, 2.05) is 19.1 Å². The zero-order valence-corrected chi connectivity index (χ0v) is 24.3. The average Bonchev–Trinajstić information content (AvgIpc) is 3.00. The summed E-state index contributed by atoms with van der Waals surface area (Å²) in [4.78, 5) is 8.56. The number of nitrogens with zero attached hydrogens (tertiary/aromatic N) is 3. The Labute approximate surface area is 263 Å². The molecule has 238 valence electrons. The van der Waals surface area contributed by atoms with Gasteiger partial charge in [-0.2, -0.15) is 14.0 Å². The second kappa shape index (κ2) is 13.4. The van der Waals surface area contributed by atoms with Gasteiger partial charge < -0.3 is 4.74 Å². The van der Waals surface area contributed by atoms with Crippen molar-refractivity contribution in [2.75, 3.05) is 0 Å². The molecule has 0 fully saturated rings. The maximum Gasteiger partial charge on any atom is 0.432 e. The molecular weight excluding hydrogens is 630 g/mol. The van der Waals surface area contributed by atoms with Gasteiger partial charge in [-0.3, -0.25) is 0 Å². The topological polar surface area (TPSA) is 58.8 Å². The van der Waals surface area contributed by atoms with Gasteiger partial charge in [-0.15, -0.1) is 0 Å². The predicted octanol–water partition coefficient (Wildman–Crippen LogP) is 9.82. The molecule has 0 radical (unpaired) electrons. The van der Waals surface area contributed by atoms with Gasteiger partial charge in [-0.25, -0.2) is 36.3 Å². The highest BCUT2D eigenvalue weighted by molar-refractivity contribution is 5.73. The Bertz CT molecular complexity index is 1990. The SMILES string of the molecule is CC=CCCc1cnc(-c2ccc(-c3ccc(-c4cc(F)c(C(F)(F)Oc5cc(F)c(C#N)c(F)c5)c(F)c4)c(F)c3)c(F)c2)nc1. The highest BCUT2D eigenvalue weighted by Crippen LogP contribution is 2.39. The third-order valence-electron chi connectivity index (χ3n) is 7.07. The number of aromatic nitrogens is 2. The van der Waals surface area contributed by atoms with Crippen molar-refractivity contribution in [2.24, 2.45) is 0 Å². The van der Waals surface area contributed by atoms with Crippen LogP contribution in [0.25, 0.3) is 33.6 Å². The molecule has 1 heterocycles. The van der Waals surface area contributed by atoms with Crippen LogP contribution in [0.1, 0.15) is 30.0 Å². The molecule has 0 bridgehead atoms. The van der Waals surface area contributed by atoms with E-state index < -0.39 is 69.0 Å². The van der Waals surface area contributed by atoms with Crippen LogP contribution in [0.4, 0.5) is 35.1 Å². The summed E-state index contributed by atoms with van der Waals surface area (Å²) in [5, 5.41) is 8.71. The number of hydrogen-bond acceptors (Lipinski definition) is 4. The molecule has 0 saturated heterocycles. The van der Waals surface area contributed by atoms with Crippen LogP contribution < -0.4 is 4.74 Å². The zero-order valence-electron chi connectivity index (χ0n) is 24.3. The molecule has 4 nitrogen and oxygen atoms in total. The maximum absolute atomic E-state index is 15.2. The number of rotatable bonds is 9. The third kappa shape index (κ3) is 6.99. The average molecular weight is 652 g/mol. The summed E-state index contributed by atoms with van der Waals surface area (Å²) in [7, 11) is 0. The summed E-state index contributed by atoms with van der Waals surface area (Å²) >= 11 is 0. The van der Waals surface area contributed by atoms with Crippen LogP contribution in [0, 0.1) is 46.2 Å². The lowest BCUT2D eigenvalue weighted by atomic mass is 9.97. The normalized spacial score (nSPS) is 11.6. The standard InChI is InChI=1S/C35H21F8N3O/c1-2-3-4-5-19-17-45-34(46-18-19)21-7-9-24(28(37)11-21)20-6-8-25(27(36)10-20)22-12-31(40)33(32(41)13-22)35(42,43)47-23-14-29(38)26(16-44)30(39)15-23/h2-3,6-15,17-18H,4-5H2,1H3. The van der Waals surface area contributed by atoms with Crippen LogP contribution in [0.2, 0.25) is 0 Å². The van der Waals surface area contributed by atoms with Crippen LogP contribution in [0.3, 0.4) is 0 Å². The molecule has 0 aliphatic carbocycles. The first kappa shape index (κ1) is 32.8. The largest absolute Gasteiger partial charge is 0.432 e. The lowest BCUT2D eigenvalue weighted by Crippen LogP contribution is -2.25. The molecular formula is C35H21F8N3O. The summed E-state index contributed by atoms with van der Waals surface area (Å²) in [5.74, 6) is -9.38. The van der Waals surface area contributed by atoms with Crippen LogP contribution in [0.15, 0.2) is 85.2 Å². The van der Waals surface area contributed by atoms with Gasteiger partial charge in [-0.1, -0.05) is 36.4 Å². The van der Waals surface area contributed by atoms with Gasteiger partial charge in [0.1, 0.15) is 57.8 Å². The van der Waals surface area contributed by atoms with E-state index >= 15 is 8.78 Å². The Morgan fingerprint density at radius 2 is 1.26 bits per heavy atom. The van der Waals surface area contributed by atoms with Crippen molar-refractivity contribution >= 4 is 0 Å². The summed E-state index contributed by atoms with van der Waals surface area (Å²) in [6.07, 6.45) is 4.05. The summed E-state index contributed by atoms with van der Waals surface area (Å²) in [6.45, 7) is 1.92. The lowest BCUT2D eigenvalue weighted by molar-refractivity contribution is -0.189. The Morgan fingerprint density at radius 1 is 0.723 bits per heavy atom. The minimum absolute atomic E-state index is 0.00217. The second-order valence-electron chi connectivity index (χ2n) is 10.2. The molecule has 4 aromatic carbocycles. The zero-order chi connectivity index (χ0) is 33.9. The van der Waals surface area contributed by atoms with E-state index in [1.54, 1.807) is 18.5 Å². The van der Waals surface area contributed by atoms with Gasteiger partial charge in [0.05, 0.1) is 0 Å². The molecule has 1 aromatic heterocycles. The van der Waals surface area contributed by atoms with Gasteiger partial charge >= 0.3 is 6.11 Å². The van der Waals surface area contributed by atoms with E-state index in [2.05, 4.69) is 14.7 Å². The van der Waals surface area contributed by atoms with Gasteiger partial charge in [-0.05, 0) is 60.7 Å². The smallest absolute Gasteiger partial charge is 0.429 e. The van der Waals surface area contributed by atoms with Crippen molar-refractivity contribution < 1.29 is 39.9 Å². The number of aryl methyl sites for hydroxylation is 1. The van der Waals surface area contributed by atoms with E-state index in [1.165, 1.54) is 24.3 Å². The highest BCUT2D eigenvalue weighted by atomic mass is 19.3. The summed E-state index contributed by atoms with van der Waals surface area (Å²) in [5.41, 5.74) is -2.46. The molecule has 0 aliphatic rings. The van der Waals surface area contributed by atoms with Crippen LogP contribution in [0.5, 0.6) is 5.75 Å². The number of nitriles is 1. The van der Waals surface area contributed by atoms with E-state index in [0.717, 1.165) is 30.5 Å². The Balaban J connectivity index is 1.38. The Hall–Kier alpha value is -5.57. The van der Waals surface area contributed by atoms with E-state index in [0.29, 0.717) is 17.7 Å². The lowest BCUT2D eigenvalue weighted by Gasteiger charge is -2.20. The van der Waals surface area contributed by atoms with E-state index in [9.17, 15) is 26.3 Å². The minimum atomic E-state index is -4.77. The highest BCUT2D eigenvalue weighted by Gasteiger charge is 2.41. The van der Waals surface area contributed by atoms with Crippen LogP contribution in [-0.4, -0.2) is 9.97 Å². The molecule has 0 saturated carbocycles. The van der Waals surface area contributed by atoms with Crippen molar-refractivity contribution in [3.05, 3.63) is 137 Å². The molecule has 0 N–H and O–H groups in total. The number of allylic oxidation sites excluding steroid dienone is 2. The molecule has 0 unspecified atom stereocenters. The Kier molecular flexibility index (Phi) is 9.37. The first-order valence-corrected chi connectivity index (χ1v) is 13.9. The molecule has 5 rings (SSSR count). The van der Waals surface area contributed by atoms with Crippen molar-refractivity contribution in [1.82, 2.24) is 9.97 Å². The molecule has 0 spiro atoms. The fourth-order valence-electron chi connectivity index (χ4n) is 4.78. The first-order valence-electron chi connectivity index (χ1n) is 13.9. The summed E-state index contributed by atoms with van der Waals surface area (Å²) < 4.78 is 122. The second-order valence-corrected chi connectivity index (χ2v) is 10.2. The molecule has 0 aliphatic heterocycles. The van der Waals surface area contributed by atoms with Gasteiger partial charge in [0.2, 0.25) is 0 Å². The van der Waals surface area contributed by atoms with E-state index in [-0.39, 0.29) is 29.1 Å². The summed E-state index contributed by atoms with van der Waals surface area (Å²) in [6, 6.07) is 9.97. The monoisotopic (exact) mass is 651 g/mol. The number of halogens is 8. The number of benzene rings is 4. The molecule has 0 amide bonds. The fourth-order valence-corrected chi connectivity index (χ4v) is 4.78. The maximum atomic E-state index is 15.2. The van der Waals surface area contributed by atoms with E-state index in [4.69, 9.17) is 5.26 Å². The van der Waals surface area contributed by atoms with Crippen LogP contribution >= 0.6 is 0 Å². The van der Waals surface area contributed by atoms with Crippen molar-refractivity contribution in [1.29, 1.82) is 5.26 Å². The molecule has 47 heavy (non-hydrogen) atoms. The third-order valence-corrected chi connectivity index (χ3v) is 7.07. The van der Waals surface area contributed by atoms with Crippen molar-refractivity contribution in [3.8, 4) is 45.5 Å². The number of ether oxygens (including phenoxy) is 1. The Morgan fingerprint density at radius 3 is 1.81 bits per heavy atom. The minimum Gasteiger partial charge on any atom is -0.429 e. The molecule has 12 heteroatoms. The number of alkyl halides is 2. The molecule has 5 aromatic rings. The first-order chi connectivity index (χ1) is 22.4. The van der Waals surface area contributed by atoms with Gasteiger partial charge in [0.25, 0.3) is 0 Å². The quantitative estimate of drug-likeness (QED) is 0.118.